The zero-order chi connectivity index (χ0) is 17.4. The molecule has 1 atom stereocenters. The molecule has 0 radical (unpaired) electrons. The molecule has 0 bridgehead atoms. The fraction of sp³-hybridized carbons (Fsp3) is 0.176. The molecule has 25 heavy (non-hydrogen) atoms. The highest BCUT2D eigenvalue weighted by atomic mass is 16.5. The summed E-state index contributed by atoms with van der Waals surface area (Å²) in [5.41, 5.74) is -0.460. The molecular formula is C17H14N4O4. The molecule has 8 heteroatoms. The van der Waals surface area contributed by atoms with Gasteiger partial charge in [-0.25, -0.2) is 4.79 Å². The minimum absolute atomic E-state index is 0.110. The van der Waals surface area contributed by atoms with E-state index in [2.05, 4.69) is 15.5 Å². The van der Waals surface area contributed by atoms with Gasteiger partial charge in [0.05, 0.1) is 6.26 Å². The second kappa shape index (κ2) is 5.59. The monoisotopic (exact) mass is 338 g/mol. The Kier molecular flexibility index (Phi) is 3.38. The Morgan fingerprint density at radius 2 is 1.96 bits per heavy atom. The summed E-state index contributed by atoms with van der Waals surface area (Å²) in [4.78, 5) is 30.2. The first-order valence-electron chi connectivity index (χ1n) is 7.64. The molecule has 1 saturated heterocycles. The van der Waals surface area contributed by atoms with Gasteiger partial charge in [0.15, 0.2) is 5.54 Å². The third-order valence-corrected chi connectivity index (χ3v) is 4.08. The van der Waals surface area contributed by atoms with Crippen LogP contribution in [0.1, 0.15) is 18.6 Å². The van der Waals surface area contributed by atoms with E-state index in [9.17, 15) is 9.59 Å². The van der Waals surface area contributed by atoms with Crippen molar-refractivity contribution in [3.05, 3.63) is 60.4 Å². The summed E-state index contributed by atoms with van der Waals surface area (Å²) in [6.45, 7) is 1.48. The quantitative estimate of drug-likeness (QED) is 0.732. The van der Waals surface area contributed by atoms with Gasteiger partial charge in [0.2, 0.25) is 11.7 Å². The van der Waals surface area contributed by atoms with E-state index in [1.807, 2.05) is 30.3 Å². The van der Waals surface area contributed by atoms with E-state index < -0.39 is 17.5 Å². The van der Waals surface area contributed by atoms with Crippen LogP contribution in [0.5, 0.6) is 0 Å². The van der Waals surface area contributed by atoms with Gasteiger partial charge in [-0.3, -0.25) is 9.69 Å². The van der Waals surface area contributed by atoms with Crippen molar-refractivity contribution < 1.29 is 18.5 Å². The Bertz CT molecular complexity index is 919. The first-order chi connectivity index (χ1) is 12.1. The predicted octanol–water partition coefficient (Wildman–Crippen LogP) is 2.30. The highest BCUT2D eigenvalue weighted by Crippen LogP contribution is 2.30. The van der Waals surface area contributed by atoms with Crippen molar-refractivity contribution in [3.8, 4) is 11.4 Å². The van der Waals surface area contributed by atoms with Crippen molar-refractivity contribution in [2.45, 2.75) is 19.0 Å². The van der Waals surface area contributed by atoms with Crippen LogP contribution in [0.4, 0.5) is 4.79 Å². The number of hydrogen-bond donors (Lipinski definition) is 1. The van der Waals surface area contributed by atoms with E-state index in [0.717, 1.165) is 10.5 Å². The molecule has 1 aliphatic rings. The average molecular weight is 338 g/mol. The maximum absolute atomic E-state index is 12.7. The summed E-state index contributed by atoms with van der Waals surface area (Å²) < 4.78 is 10.5. The van der Waals surface area contributed by atoms with E-state index in [1.54, 1.807) is 19.1 Å². The largest absolute Gasteiger partial charge is 0.466 e. The highest BCUT2D eigenvalue weighted by molar-refractivity contribution is 6.06. The van der Waals surface area contributed by atoms with Gasteiger partial charge >= 0.3 is 6.03 Å². The molecule has 126 valence electrons. The Morgan fingerprint density at radius 3 is 2.68 bits per heavy atom. The van der Waals surface area contributed by atoms with Gasteiger partial charge in [-0.1, -0.05) is 35.5 Å². The zero-order valence-corrected chi connectivity index (χ0v) is 13.3. The number of carbonyl (C=O) groups excluding carboxylic acids is 2. The summed E-state index contributed by atoms with van der Waals surface area (Å²) >= 11 is 0. The Hall–Kier alpha value is -3.42. The average Bonchev–Trinajstić information content (AvgIpc) is 3.34. The molecule has 3 heterocycles. The van der Waals surface area contributed by atoms with E-state index in [0.29, 0.717) is 11.6 Å². The van der Waals surface area contributed by atoms with Crippen LogP contribution in [0, 0.1) is 0 Å². The molecule has 3 aromatic rings. The van der Waals surface area contributed by atoms with E-state index in [1.165, 1.54) is 6.26 Å². The standard InChI is InChI=1S/C17H14N4O4/c1-17(12-8-5-9-24-12)15(22)21(16(23)19-17)10-13-18-14(20-25-13)11-6-3-2-4-7-11/h2-9H,10H2,1H3,(H,19,23). The van der Waals surface area contributed by atoms with Crippen molar-refractivity contribution in [1.29, 1.82) is 0 Å². The van der Waals surface area contributed by atoms with Crippen LogP contribution in [-0.4, -0.2) is 27.0 Å². The van der Waals surface area contributed by atoms with Gasteiger partial charge < -0.3 is 14.3 Å². The lowest BCUT2D eigenvalue weighted by molar-refractivity contribution is -0.132. The van der Waals surface area contributed by atoms with Crippen molar-refractivity contribution in [1.82, 2.24) is 20.4 Å². The predicted molar refractivity (Wildman–Crippen MR) is 84.9 cm³/mol. The van der Waals surface area contributed by atoms with Crippen LogP contribution in [-0.2, 0) is 16.9 Å². The number of urea groups is 1. The first-order valence-corrected chi connectivity index (χ1v) is 7.64. The summed E-state index contributed by atoms with van der Waals surface area (Å²) in [5, 5.41) is 6.54. The lowest BCUT2D eigenvalue weighted by Crippen LogP contribution is -2.40. The molecular weight excluding hydrogens is 324 g/mol. The number of nitrogens with one attached hydrogen (secondary N) is 1. The maximum Gasteiger partial charge on any atom is 0.325 e. The minimum atomic E-state index is -1.25. The number of furan rings is 1. The summed E-state index contributed by atoms with van der Waals surface area (Å²) in [6, 6.07) is 12.0. The topological polar surface area (TPSA) is 101 Å². The summed E-state index contributed by atoms with van der Waals surface area (Å²) in [5.74, 6) is 0.498. The van der Waals surface area contributed by atoms with Crippen molar-refractivity contribution in [2.75, 3.05) is 0 Å². The number of carbonyl (C=O) groups is 2. The third kappa shape index (κ3) is 2.47. The summed E-state index contributed by atoms with van der Waals surface area (Å²) in [7, 11) is 0. The van der Waals surface area contributed by atoms with Crippen molar-refractivity contribution >= 4 is 11.9 Å². The number of benzene rings is 1. The van der Waals surface area contributed by atoms with Gasteiger partial charge in [0.25, 0.3) is 5.91 Å². The van der Waals surface area contributed by atoms with Crippen LogP contribution < -0.4 is 5.32 Å². The third-order valence-electron chi connectivity index (χ3n) is 4.08. The first kappa shape index (κ1) is 15.1. The lowest BCUT2D eigenvalue weighted by Gasteiger charge is -2.18. The second-order valence-electron chi connectivity index (χ2n) is 5.80. The molecule has 0 saturated carbocycles. The van der Waals surface area contributed by atoms with E-state index >= 15 is 0 Å². The fourth-order valence-corrected chi connectivity index (χ4v) is 2.73. The molecule has 1 N–H and O–H groups in total. The molecule has 4 rings (SSSR count). The molecule has 8 nitrogen and oxygen atoms in total. The summed E-state index contributed by atoms with van der Waals surface area (Å²) in [6.07, 6.45) is 1.45. The Labute approximate surface area is 142 Å². The van der Waals surface area contributed by atoms with Crippen LogP contribution in [0.3, 0.4) is 0 Å². The number of hydrogen-bond acceptors (Lipinski definition) is 6. The van der Waals surface area contributed by atoms with Crippen LogP contribution in [0.2, 0.25) is 0 Å². The van der Waals surface area contributed by atoms with Gasteiger partial charge in [-0.05, 0) is 19.1 Å². The molecule has 3 amide bonds. The number of amides is 3. The molecule has 1 aromatic carbocycles. The SMILES string of the molecule is CC1(c2ccco2)NC(=O)N(Cc2nc(-c3ccccc3)no2)C1=O. The van der Waals surface area contributed by atoms with Crippen LogP contribution >= 0.6 is 0 Å². The second-order valence-corrected chi connectivity index (χ2v) is 5.80. The molecule has 0 aliphatic carbocycles. The van der Waals surface area contributed by atoms with Crippen LogP contribution in [0.25, 0.3) is 11.4 Å². The van der Waals surface area contributed by atoms with Crippen molar-refractivity contribution in [3.63, 3.8) is 0 Å². The van der Waals surface area contributed by atoms with Crippen LogP contribution in [0.15, 0.2) is 57.7 Å². The zero-order valence-electron chi connectivity index (χ0n) is 13.3. The molecule has 2 aromatic heterocycles. The smallest absolute Gasteiger partial charge is 0.325 e. The minimum Gasteiger partial charge on any atom is -0.466 e. The Balaban J connectivity index is 1.56. The van der Waals surface area contributed by atoms with Crippen molar-refractivity contribution in [2.24, 2.45) is 0 Å². The number of rotatable bonds is 4. The molecule has 1 fully saturated rings. The Morgan fingerprint density at radius 1 is 1.16 bits per heavy atom. The van der Waals surface area contributed by atoms with Gasteiger partial charge in [0.1, 0.15) is 12.3 Å². The van der Waals surface area contributed by atoms with Gasteiger partial charge in [-0.2, -0.15) is 4.98 Å². The number of aromatic nitrogens is 2. The van der Waals surface area contributed by atoms with E-state index in [-0.39, 0.29) is 12.4 Å². The fourth-order valence-electron chi connectivity index (χ4n) is 2.73. The van der Waals surface area contributed by atoms with Gasteiger partial charge in [0, 0.05) is 5.56 Å². The maximum atomic E-state index is 12.7. The van der Waals surface area contributed by atoms with E-state index in [4.69, 9.17) is 8.94 Å². The highest BCUT2D eigenvalue weighted by Gasteiger charge is 2.51. The molecule has 1 unspecified atom stereocenters. The van der Waals surface area contributed by atoms with Gasteiger partial charge in [-0.15, -0.1) is 0 Å². The molecule has 1 aliphatic heterocycles. The number of imide groups is 1. The lowest BCUT2D eigenvalue weighted by atomic mass is 9.99. The number of nitrogens with zero attached hydrogens (tertiary/aromatic N) is 3. The normalized spacial score (nSPS) is 20.1. The molecule has 0 spiro atoms.